The molecule has 2 rings (SSSR count). The Balaban J connectivity index is 1.99. The van der Waals surface area contributed by atoms with E-state index in [-0.39, 0.29) is 12.6 Å². The van der Waals surface area contributed by atoms with Crippen LogP contribution in [-0.4, -0.2) is 47.0 Å². The maximum absolute atomic E-state index is 12.4. The number of nitrogens with zero attached hydrogens (tertiary/aromatic N) is 2. The smallest absolute Gasteiger partial charge is 0.320 e. The molecule has 0 spiro atoms. The number of aliphatic carboxylic acids is 1. The summed E-state index contributed by atoms with van der Waals surface area (Å²) in [5.74, 6) is -0.824. The molecule has 0 radical (unpaired) electrons. The molecule has 2 heterocycles. The zero-order valence-electron chi connectivity index (χ0n) is 11.8. The zero-order valence-corrected chi connectivity index (χ0v) is 12.7. The molecule has 1 fully saturated rings. The second-order valence-corrected chi connectivity index (χ2v) is 6.44. The molecule has 1 aliphatic heterocycles. The monoisotopic (exact) mass is 296 g/mol. The van der Waals surface area contributed by atoms with Crippen LogP contribution in [0.3, 0.4) is 0 Å². The van der Waals surface area contributed by atoms with Gasteiger partial charge in [0.15, 0.2) is 0 Å². The number of urea groups is 1. The highest BCUT2D eigenvalue weighted by atomic mass is 32.1. The molecule has 6 heteroatoms. The molecule has 1 aliphatic rings. The van der Waals surface area contributed by atoms with Crippen LogP contribution in [0.25, 0.3) is 0 Å². The van der Waals surface area contributed by atoms with Gasteiger partial charge < -0.3 is 14.9 Å². The first kappa shape index (κ1) is 14.8. The van der Waals surface area contributed by atoms with Crippen LogP contribution in [0.4, 0.5) is 4.79 Å². The lowest BCUT2D eigenvalue weighted by Crippen LogP contribution is -2.51. The first-order chi connectivity index (χ1) is 9.42. The van der Waals surface area contributed by atoms with Crippen molar-refractivity contribution in [2.45, 2.75) is 26.3 Å². The maximum Gasteiger partial charge on any atom is 0.320 e. The molecule has 1 N–H and O–H groups in total. The minimum Gasteiger partial charge on any atom is -0.481 e. The molecular weight excluding hydrogens is 276 g/mol. The molecule has 1 saturated heterocycles. The van der Waals surface area contributed by atoms with Crippen LogP contribution < -0.4 is 0 Å². The first-order valence-electron chi connectivity index (χ1n) is 6.67. The van der Waals surface area contributed by atoms with Crippen LogP contribution >= 0.6 is 11.3 Å². The van der Waals surface area contributed by atoms with Crippen LogP contribution in [-0.2, 0) is 11.3 Å². The van der Waals surface area contributed by atoms with Gasteiger partial charge >= 0.3 is 12.0 Å². The van der Waals surface area contributed by atoms with Crippen molar-refractivity contribution in [1.29, 1.82) is 0 Å². The molecule has 2 amide bonds. The van der Waals surface area contributed by atoms with E-state index in [1.54, 1.807) is 35.1 Å². The Bertz CT molecular complexity index is 489. The predicted molar refractivity (Wildman–Crippen MR) is 77.7 cm³/mol. The van der Waals surface area contributed by atoms with E-state index in [1.165, 1.54) is 0 Å². The van der Waals surface area contributed by atoms with Gasteiger partial charge in [0.05, 0.1) is 5.41 Å². The fourth-order valence-corrected chi connectivity index (χ4v) is 3.20. The summed E-state index contributed by atoms with van der Waals surface area (Å²) in [6.07, 6.45) is 1.36. The van der Waals surface area contributed by atoms with E-state index in [1.807, 2.05) is 16.8 Å². The molecule has 1 atom stereocenters. The summed E-state index contributed by atoms with van der Waals surface area (Å²) < 4.78 is 0. The number of carboxylic acid groups (broad SMARTS) is 1. The Labute approximate surface area is 122 Å². The number of hydrogen-bond donors (Lipinski definition) is 1. The molecule has 20 heavy (non-hydrogen) atoms. The van der Waals surface area contributed by atoms with Crippen molar-refractivity contribution in [1.82, 2.24) is 9.80 Å². The predicted octanol–water partition coefficient (Wildman–Crippen LogP) is 2.49. The lowest BCUT2D eigenvalue weighted by atomic mass is 9.82. The fourth-order valence-electron chi connectivity index (χ4n) is 2.54. The summed E-state index contributed by atoms with van der Waals surface area (Å²) in [5.41, 5.74) is 0.279. The summed E-state index contributed by atoms with van der Waals surface area (Å²) in [7, 11) is 1.76. The highest BCUT2D eigenvalue weighted by molar-refractivity contribution is 7.07. The van der Waals surface area contributed by atoms with Crippen LogP contribution in [0, 0.1) is 5.41 Å². The van der Waals surface area contributed by atoms with Gasteiger partial charge in [-0.3, -0.25) is 4.79 Å². The summed E-state index contributed by atoms with van der Waals surface area (Å²) in [6.45, 7) is 3.20. The lowest BCUT2D eigenvalue weighted by molar-refractivity contribution is -0.150. The number of carboxylic acids is 1. The fraction of sp³-hybridized carbons (Fsp3) is 0.571. The Morgan fingerprint density at radius 1 is 1.55 bits per heavy atom. The van der Waals surface area contributed by atoms with Gasteiger partial charge in [0.1, 0.15) is 0 Å². The Kier molecular flexibility index (Phi) is 4.32. The number of amides is 2. The standard InChI is InChI=1S/C14H20N2O3S/c1-14(12(17)18)5-3-6-16(10-14)13(19)15(2)8-11-4-7-20-9-11/h4,7,9H,3,5-6,8,10H2,1-2H3,(H,17,18). The third-order valence-electron chi connectivity index (χ3n) is 3.81. The van der Waals surface area contributed by atoms with E-state index >= 15 is 0 Å². The molecule has 5 nitrogen and oxygen atoms in total. The van der Waals surface area contributed by atoms with Gasteiger partial charge in [0.25, 0.3) is 0 Å². The average Bonchev–Trinajstić information content (AvgIpc) is 2.90. The molecule has 110 valence electrons. The number of hydrogen-bond acceptors (Lipinski definition) is 3. The van der Waals surface area contributed by atoms with Gasteiger partial charge in [-0.25, -0.2) is 4.79 Å². The Morgan fingerprint density at radius 3 is 2.90 bits per heavy atom. The van der Waals surface area contributed by atoms with Crippen LogP contribution in [0.15, 0.2) is 16.8 Å². The van der Waals surface area contributed by atoms with Crippen molar-refractivity contribution >= 4 is 23.3 Å². The summed E-state index contributed by atoms with van der Waals surface area (Å²) in [4.78, 5) is 27.0. The van der Waals surface area contributed by atoms with Crippen molar-refractivity contribution < 1.29 is 14.7 Å². The highest BCUT2D eigenvalue weighted by Gasteiger charge is 2.39. The number of carbonyl (C=O) groups excluding carboxylic acids is 1. The largest absolute Gasteiger partial charge is 0.481 e. The van der Waals surface area contributed by atoms with Crippen molar-refractivity contribution in [3.63, 3.8) is 0 Å². The van der Waals surface area contributed by atoms with E-state index in [0.29, 0.717) is 19.5 Å². The minimum atomic E-state index is -0.824. The van der Waals surface area contributed by atoms with Crippen LogP contribution in [0.5, 0.6) is 0 Å². The summed E-state index contributed by atoms with van der Waals surface area (Å²) in [6, 6.07) is 1.90. The molecule has 0 aliphatic carbocycles. The summed E-state index contributed by atoms with van der Waals surface area (Å²) in [5, 5.41) is 13.3. The van der Waals surface area contributed by atoms with Gasteiger partial charge in [0.2, 0.25) is 0 Å². The number of piperidine rings is 1. The van der Waals surface area contributed by atoms with Crippen molar-refractivity contribution in [2.24, 2.45) is 5.41 Å². The average molecular weight is 296 g/mol. The van der Waals surface area contributed by atoms with Crippen LogP contribution in [0.2, 0.25) is 0 Å². The molecule has 1 aromatic rings. The van der Waals surface area contributed by atoms with Gasteiger partial charge in [-0.1, -0.05) is 0 Å². The SMILES string of the molecule is CN(Cc1ccsc1)C(=O)N1CCCC(C)(C(=O)O)C1. The van der Waals surface area contributed by atoms with Crippen molar-refractivity contribution in [3.8, 4) is 0 Å². The second kappa shape index (κ2) is 5.83. The normalized spacial score (nSPS) is 22.6. The molecule has 0 saturated carbocycles. The van der Waals surface area contributed by atoms with Gasteiger partial charge in [-0.15, -0.1) is 0 Å². The molecule has 0 aromatic carbocycles. The highest BCUT2D eigenvalue weighted by Crippen LogP contribution is 2.30. The van der Waals surface area contributed by atoms with Gasteiger partial charge in [-0.05, 0) is 42.2 Å². The van der Waals surface area contributed by atoms with E-state index in [9.17, 15) is 14.7 Å². The van der Waals surface area contributed by atoms with Crippen molar-refractivity contribution in [2.75, 3.05) is 20.1 Å². The minimum absolute atomic E-state index is 0.0941. The molecule has 1 aromatic heterocycles. The van der Waals surface area contributed by atoms with E-state index < -0.39 is 11.4 Å². The van der Waals surface area contributed by atoms with Gasteiger partial charge in [-0.2, -0.15) is 11.3 Å². The molecule has 0 bridgehead atoms. The third kappa shape index (κ3) is 3.12. The van der Waals surface area contributed by atoms with Gasteiger partial charge in [0, 0.05) is 26.7 Å². The summed E-state index contributed by atoms with van der Waals surface area (Å²) >= 11 is 1.60. The number of thiophene rings is 1. The van der Waals surface area contributed by atoms with E-state index in [0.717, 1.165) is 12.0 Å². The first-order valence-corrected chi connectivity index (χ1v) is 7.61. The number of likely N-dealkylation sites (tertiary alicyclic amines) is 1. The second-order valence-electron chi connectivity index (χ2n) is 5.66. The number of rotatable bonds is 3. The maximum atomic E-state index is 12.4. The quantitative estimate of drug-likeness (QED) is 0.932. The van der Waals surface area contributed by atoms with Crippen LogP contribution in [0.1, 0.15) is 25.3 Å². The third-order valence-corrected chi connectivity index (χ3v) is 4.54. The van der Waals surface area contributed by atoms with Crippen molar-refractivity contribution in [3.05, 3.63) is 22.4 Å². The van der Waals surface area contributed by atoms with E-state index in [2.05, 4.69) is 0 Å². The Hall–Kier alpha value is -1.56. The number of carbonyl (C=O) groups is 2. The molecular formula is C14H20N2O3S. The van der Waals surface area contributed by atoms with E-state index in [4.69, 9.17) is 0 Å². The molecule has 1 unspecified atom stereocenters. The topological polar surface area (TPSA) is 60.9 Å². The lowest BCUT2D eigenvalue weighted by Gasteiger charge is -2.39. The zero-order chi connectivity index (χ0) is 14.8. The Morgan fingerprint density at radius 2 is 2.30 bits per heavy atom.